The molecule has 0 aliphatic carbocycles. The van der Waals surface area contributed by atoms with Gasteiger partial charge in [-0.05, 0) is 31.0 Å². The van der Waals surface area contributed by atoms with Crippen molar-refractivity contribution in [2.45, 2.75) is 0 Å². The van der Waals surface area contributed by atoms with Gasteiger partial charge in [0.05, 0.1) is 11.0 Å². The monoisotopic (exact) mass is 177 g/mol. The van der Waals surface area contributed by atoms with Gasteiger partial charge in [0.15, 0.2) is 0 Å². The van der Waals surface area contributed by atoms with Gasteiger partial charge in [-0.2, -0.15) is 0 Å². The smallest absolute Gasteiger partial charge is 0.106 e. The summed E-state index contributed by atoms with van der Waals surface area (Å²) < 4.78 is 2.04. The maximum absolute atomic E-state index is 4.25. The van der Waals surface area contributed by atoms with Gasteiger partial charge in [-0.15, -0.1) is 0 Å². The first-order valence-corrected chi connectivity index (χ1v) is 4.70. The molecule has 2 nitrogen and oxygen atoms in total. The molecule has 1 aromatic heterocycles. The number of imidazole rings is 1. The summed E-state index contributed by atoms with van der Waals surface area (Å²) in [6.45, 7) is 3.78. The molecule has 1 radical (unpaired) electrons. The summed E-state index contributed by atoms with van der Waals surface area (Å²) in [5, 5.41) is 0. The number of nitrogens with zero attached hydrogens (tertiary/aromatic N) is 2. The van der Waals surface area contributed by atoms with Crippen molar-refractivity contribution in [1.29, 1.82) is 0 Å². The molecule has 0 spiro atoms. The first-order valence-electron chi connectivity index (χ1n) is 3.76. The van der Waals surface area contributed by atoms with Gasteiger partial charge in [0.1, 0.15) is 6.33 Å². The number of hydrogen-bond acceptors (Lipinski definition) is 2. The summed E-state index contributed by atoms with van der Waals surface area (Å²) in [6, 6.07) is 8.08. The van der Waals surface area contributed by atoms with E-state index in [2.05, 4.69) is 18.0 Å². The normalized spacial score (nSPS) is 10.8. The van der Waals surface area contributed by atoms with Crippen molar-refractivity contribution in [2.24, 2.45) is 0 Å². The fourth-order valence-electron chi connectivity index (χ4n) is 1.14. The van der Waals surface area contributed by atoms with Crippen LogP contribution in [0.25, 0.3) is 11.0 Å². The van der Waals surface area contributed by atoms with Crippen LogP contribution in [0.15, 0.2) is 30.6 Å². The molecule has 0 aliphatic rings. The van der Waals surface area contributed by atoms with Crippen molar-refractivity contribution in [3.63, 3.8) is 0 Å². The van der Waals surface area contributed by atoms with Gasteiger partial charge in [0.2, 0.25) is 0 Å². The van der Waals surface area contributed by atoms with Crippen molar-refractivity contribution in [1.82, 2.24) is 8.96 Å². The lowest BCUT2D eigenvalue weighted by atomic mass is 10.3. The second-order valence-electron chi connectivity index (χ2n) is 2.39. The lowest BCUT2D eigenvalue weighted by Crippen LogP contribution is -1.83. The predicted molar refractivity (Wildman–Crippen MR) is 52.9 cm³/mol. The standard InChI is InChI=1S/C9H9N2S/c1-2-12-11-7-10-8-5-3-4-6-9(8)11/h3-7H,1-2H2. The molecule has 0 aliphatic heterocycles. The quantitative estimate of drug-likeness (QED) is 0.700. The maximum Gasteiger partial charge on any atom is 0.106 e. The van der Waals surface area contributed by atoms with Crippen molar-refractivity contribution < 1.29 is 0 Å². The molecule has 3 heteroatoms. The molecule has 2 rings (SSSR count). The molecule has 0 saturated carbocycles. The molecule has 0 fully saturated rings. The fraction of sp³-hybridized carbons (Fsp3) is 0.111. The van der Waals surface area contributed by atoms with Crippen LogP contribution in [0.3, 0.4) is 0 Å². The van der Waals surface area contributed by atoms with E-state index >= 15 is 0 Å². The van der Waals surface area contributed by atoms with Crippen LogP contribution < -0.4 is 0 Å². The van der Waals surface area contributed by atoms with Crippen LogP contribution in [-0.2, 0) is 0 Å². The highest BCUT2D eigenvalue weighted by Gasteiger charge is 1.99. The van der Waals surface area contributed by atoms with E-state index in [9.17, 15) is 0 Å². The Morgan fingerprint density at radius 3 is 3.08 bits per heavy atom. The van der Waals surface area contributed by atoms with Crippen molar-refractivity contribution in [2.75, 3.05) is 5.75 Å². The van der Waals surface area contributed by atoms with Crippen molar-refractivity contribution >= 4 is 23.0 Å². The zero-order valence-corrected chi connectivity index (χ0v) is 7.42. The summed E-state index contributed by atoms with van der Waals surface area (Å²) in [7, 11) is 0. The van der Waals surface area contributed by atoms with E-state index in [0.29, 0.717) is 0 Å². The number of rotatable bonds is 2. The summed E-state index contributed by atoms with van der Waals surface area (Å²) in [5.74, 6) is 0.820. The Hall–Kier alpha value is -0.960. The highest BCUT2D eigenvalue weighted by Crippen LogP contribution is 2.16. The first-order chi connectivity index (χ1) is 5.92. The molecule has 2 aromatic rings. The average molecular weight is 177 g/mol. The number of fused-ring (bicyclic) bond motifs is 1. The van der Waals surface area contributed by atoms with E-state index < -0.39 is 0 Å². The third-order valence-corrected chi connectivity index (χ3v) is 2.40. The molecule has 12 heavy (non-hydrogen) atoms. The van der Waals surface area contributed by atoms with Gasteiger partial charge in [0, 0.05) is 5.75 Å². The average Bonchev–Trinajstić information content (AvgIpc) is 2.50. The van der Waals surface area contributed by atoms with Gasteiger partial charge in [0.25, 0.3) is 0 Å². The van der Waals surface area contributed by atoms with Crippen molar-refractivity contribution in [3.05, 3.63) is 37.5 Å². The molecule has 0 amide bonds. The van der Waals surface area contributed by atoms with Gasteiger partial charge in [-0.25, -0.2) is 4.98 Å². The van der Waals surface area contributed by atoms with Gasteiger partial charge >= 0.3 is 0 Å². The van der Waals surface area contributed by atoms with Crippen LogP contribution in [0.5, 0.6) is 0 Å². The second kappa shape index (κ2) is 3.19. The Bertz CT molecular complexity index is 381. The van der Waals surface area contributed by atoms with Crippen LogP contribution in [0, 0.1) is 6.92 Å². The molecule has 1 aromatic carbocycles. The summed E-state index contributed by atoms with van der Waals surface area (Å²) in [4.78, 5) is 4.25. The number of benzene rings is 1. The van der Waals surface area contributed by atoms with E-state index in [0.717, 1.165) is 16.8 Å². The Kier molecular flexibility index (Phi) is 2.04. The van der Waals surface area contributed by atoms with Crippen LogP contribution in [0.1, 0.15) is 0 Å². The lowest BCUT2D eigenvalue weighted by Gasteiger charge is -1.97. The zero-order chi connectivity index (χ0) is 8.39. The molecule has 0 N–H and O–H groups in total. The Labute approximate surface area is 75.7 Å². The van der Waals surface area contributed by atoms with E-state index in [1.165, 1.54) is 0 Å². The maximum atomic E-state index is 4.25. The number of para-hydroxylation sites is 2. The van der Waals surface area contributed by atoms with E-state index in [-0.39, 0.29) is 0 Å². The minimum atomic E-state index is 0.820. The number of hydrogen-bond donors (Lipinski definition) is 0. The van der Waals surface area contributed by atoms with E-state index in [1.807, 2.05) is 28.5 Å². The van der Waals surface area contributed by atoms with Crippen LogP contribution in [-0.4, -0.2) is 14.7 Å². The molecule has 0 bridgehead atoms. The minimum Gasteiger partial charge on any atom is -0.272 e. The summed E-state index contributed by atoms with van der Waals surface area (Å²) in [5.41, 5.74) is 2.20. The van der Waals surface area contributed by atoms with Crippen LogP contribution >= 0.6 is 11.9 Å². The third-order valence-electron chi connectivity index (χ3n) is 1.65. The largest absolute Gasteiger partial charge is 0.272 e. The molecule has 0 saturated heterocycles. The molecular formula is C9H9N2S. The van der Waals surface area contributed by atoms with Gasteiger partial charge in [-0.1, -0.05) is 12.1 Å². The Morgan fingerprint density at radius 1 is 1.42 bits per heavy atom. The molecule has 0 unspecified atom stereocenters. The second-order valence-corrected chi connectivity index (χ2v) is 3.45. The van der Waals surface area contributed by atoms with E-state index in [4.69, 9.17) is 0 Å². The SMILES string of the molecule is [CH2]CSn1cnc2ccccc21. The number of aromatic nitrogens is 2. The molecular weight excluding hydrogens is 168 g/mol. The summed E-state index contributed by atoms with van der Waals surface area (Å²) >= 11 is 1.65. The summed E-state index contributed by atoms with van der Waals surface area (Å²) in [6.07, 6.45) is 1.83. The minimum absolute atomic E-state index is 0.820. The van der Waals surface area contributed by atoms with Gasteiger partial charge in [-0.3, -0.25) is 3.97 Å². The Balaban J connectivity index is 2.55. The lowest BCUT2D eigenvalue weighted by molar-refractivity contribution is 1.26. The zero-order valence-electron chi connectivity index (χ0n) is 6.60. The fourth-order valence-corrected chi connectivity index (χ4v) is 1.74. The molecule has 0 atom stereocenters. The topological polar surface area (TPSA) is 17.8 Å². The van der Waals surface area contributed by atoms with Crippen LogP contribution in [0.4, 0.5) is 0 Å². The molecule has 61 valence electrons. The van der Waals surface area contributed by atoms with Crippen LogP contribution in [0.2, 0.25) is 0 Å². The highest BCUT2D eigenvalue weighted by molar-refractivity contribution is 7.98. The van der Waals surface area contributed by atoms with E-state index in [1.54, 1.807) is 11.9 Å². The Morgan fingerprint density at radius 2 is 2.25 bits per heavy atom. The molecule has 1 heterocycles. The first kappa shape index (κ1) is 7.68. The van der Waals surface area contributed by atoms with Crippen molar-refractivity contribution in [3.8, 4) is 0 Å². The predicted octanol–water partition coefficient (Wildman–Crippen LogP) is 2.37. The highest BCUT2D eigenvalue weighted by atomic mass is 32.2. The van der Waals surface area contributed by atoms with Gasteiger partial charge < -0.3 is 0 Å². The third kappa shape index (κ3) is 1.20.